The largest absolute Gasteiger partial charge is 0.496 e. The van der Waals surface area contributed by atoms with E-state index >= 15 is 0 Å². The lowest BCUT2D eigenvalue weighted by atomic mass is 10.1. The fourth-order valence-electron chi connectivity index (χ4n) is 3.03. The molecular weight excluding hydrogens is 400 g/mol. The van der Waals surface area contributed by atoms with E-state index in [1.807, 2.05) is 32.9 Å². The van der Waals surface area contributed by atoms with Crippen LogP contribution >= 0.6 is 15.9 Å². The second-order valence-electron chi connectivity index (χ2n) is 7.53. The average Bonchev–Trinajstić information content (AvgIpc) is 2.55. The van der Waals surface area contributed by atoms with Crippen molar-refractivity contribution in [3.8, 4) is 11.5 Å². The second kappa shape index (κ2) is 8.48. The number of ether oxygens (including phenoxy) is 3. The van der Waals surface area contributed by atoms with Crippen LogP contribution in [0.1, 0.15) is 33.3 Å². The number of halogens is 1. The molecule has 0 unspecified atom stereocenters. The molecule has 0 aromatic heterocycles. The monoisotopic (exact) mass is 428 g/mol. The molecule has 1 atom stereocenters. The molecule has 1 aromatic rings. The second-order valence-corrected chi connectivity index (χ2v) is 8.45. The number of amides is 1. The Bertz CT molecular complexity index is 620. The SMILES string of the molecule is COc1cc(Br)cc(OC)c1CN1CCN(C(=O)OC(C)(C)C)C[C@H]1C. The molecular formula is C19H29BrN2O4. The van der Waals surface area contributed by atoms with Gasteiger partial charge in [-0.15, -0.1) is 0 Å². The molecule has 1 amide bonds. The summed E-state index contributed by atoms with van der Waals surface area (Å²) in [6.45, 7) is 10.5. The number of hydrogen-bond acceptors (Lipinski definition) is 5. The maximum atomic E-state index is 12.3. The zero-order chi connectivity index (χ0) is 19.5. The number of benzene rings is 1. The molecule has 7 heteroatoms. The lowest BCUT2D eigenvalue weighted by Gasteiger charge is -2.40. The Morgan fingerprint density at radius 2 is 1.77 bits per heavy atom. The third-order valence-electron chi connectivity index (χ3n) is 4.35. The first-order valence-corrected chi connectivity index (χ1v) is 9.56. The minimum absolute atomic E-state index is 0.203. The van der Waals surface area contributed by atoms with Crippen molar-refractivity contribution >= 4 is 22.0 Å². The molecule has 1 aliphatic heterocycles. The predicted octanol–water partition coefficient (Wildman–Crippen LogP) is 3.91. The highest BCUT2D eigenvalue weighted by molar-refractivity contribution is 9.10. The standard InChI is InChI=1S/C19H29BrN2O4/c1-13-11-22(18(23)26-19(2,3)4)8-7-21(13)12-15-16(24-5)9-14(20)10-17(15)25-6/h9-10,13H,7-8,11-12H2,1-6H3/t13-/m1/s1. The Hall–Kier alpha value is -1.47. The highest BCUT2D eigenvalue weighted by Gasteiger charge is 2.30. The van der Waals surface area contributed by atoms with Gasteiger partial charge >= 0.3 is 6.09 Å². The molecule has 146 valence electrons. The minimum Gasteiger partial charge on any atom is -0.496 e. The van der Waals surface area contributed by atoms with Crippen LogP contribution in [0.3, 0.4) is 0 Å². The Kier molecular flexibility index (Phi) is 6.80. The summed E-state index contributed by atoms with van der Waals surface area (Å²) in [5.41, 5.74) is 0.533. The zero-order valence-corrected chi connectivity index (χ0v) is 18.1. The van der Waals surface area contributed by atoms with Crippen LogP contribution in [0.25, 0.3) is 0 Å². The lowest BCUT2D eigenvalue weighted by molar-refractivity contribution is 0.00440. The third-order valence-corrected chi connectivity index (χ3v) is 4.81. The Balaban J connectivity index is 2.08. The maximum Gasteiger partial charge on any atom is 0.410 e. The summed E-state index contributed by atoms with van der Waals surface area (Å²) in [6, 6.07) is 4.09. The number of methoxy groups -OCH3 is 2. The normalized spacial score (nSPS) is 18.6. The third kappa shape index (κ3) is 5.27. The molecule has 6 nitrogen and oxygen atoms in total. The minimum atomic E-state index is -0.477. The summed E-state index contributed by atoms with van der Waals surface area (Å²) in [7, 11) is 3.32. The quantitative estimate of drug-likeness (QED) is 0.727. The Morgan fingerprint density at radius 3 is 2.23 bits per heavy atom. The van der Waals surface area contributed by atoms with Gasteiger partial charge < -0.3 is 19.1 Å². The van der Waals surface area contributed by atoms with Crippen molar-refractivity contribution < 1.29 is 19.0 Å². The van der Waals surface area contributed by atoms with Crippen LogP contribution in [0.15, 0.2) is 16.6 Å². The lowest BCUT2D eigenvalue weighted by Crippen LogP contribution is -2.54. The van der Waals surface area contributed by atoms with Crippen LogP contribution in [0.2, 0.25) is 0 Å². The maximum absolute atomic E-state index is 12.3. The van der Waals surface area contributed by atoms with Crippen LogP contribution in [0, 0.1) is 0 Å². The number of rotatable bonds is 4. The van der Waals surface area contributed by atoms with Gasteiger partial charge in [-0.1, -0.05) is 15.9 Å². The van der Waals surface area contributed by atoms with Crippen LogP contribution in [-0.4, -0.2) is 61.4 Å². The summed E-state index contributed by atoms with van der Waals surface area (Å²) in [4.78, 5) is 16.4. The number of nitrogens with zero attached hydrogens (tertiary/aromatic N) is 2. The van der Waals surface area contributed by atoms with Gasteiger partial charge in [0.25, 0.3) is 0 Å². The van der Waals surface area contributed by atoms with Gasteiger partial charge in [-0.2, -0.15) is 0 Å². The first-order chi connectivity index (χ1) is 12.1. The van der Waals surface area contributed by atoms with Crippen molar-refractivity contribution in [3.05, 3.63) is 22.2 Å². The highest BCUT2D eigenvalue weighted by atomic mass is 79.9. The molecule has 0 N–H and O–H groups in total. The topological polar surface area (TPSA) is 51.2 Å². The number of piperazine rings is 1. The van der Waals surface area contributed by atoms with Crippen molar-refractivity contribution in [1.29, 1.82) is 0 Å². The highest BCUT2D eigenvalue weighted by Crippen LogP contribution is 2.34. The Labute approximate surface area is 164 Å². The van der Waals surface area contributed by atoms with E-state index in [0.29, 0.717) is 19.6 Å². The van der Waals surface area contributed by atoms with Gasteiger partial charge in [0, 0.05) is 36.7 Å². The molecule has 1 heterocycles. The van der Waals surface area contributed by atoms with Crippen molar-refractivity contribution in [2.75, 3.05) is 33.9 Å². The molecule has 0 radical (unpaired) electrons. The van der Waals surface area contributed by atoms with Crippen LogP contribution < -0.4 is 9.47 Å². The number of carbonyl (C=O) groups is 1. The molecule has 0 bridgehead atoms. The average molecular weight is 429 g/mol. The van der Waals surface area contributed by atoms with Crippen molar-refractivity contribution in [1.82, 2.24) is 9.80 Å². The molecule has 2 rings (SSSR count). The van der Waals surface area contributed by atoms with E-state index in [2.05, 4.69) is 27.8 Å². The first kappa shape index (κ1) is 20.8. The molecule has 0 saturated carbocycles. The van der Waals surface area contributed by atoms with E-state index in [0.717, 1.165) is 28.1 Å². The molecule has 1 aromatic carbocycles. The van der Waals surface area contributed by atoms with E-state index in [1.54, 1.807) is 19.1 Å². The smallest absolute Gasteiger partial charge is 0.410 e. The summed E-state index contributed by atoms with van der Waals surface area (Å²) < 4.78 is 17.5. The summed E-state index contributed by atoms with van der Waals surface area (Å²) >= 11 is 3.48. The molecule has 1 fully saturated rings. The first-order valence-electron chi connectivity index (χ1n) is 8.77. The predicted molar refractivity (Wildman–Crippen MR) is 105 cm³/mol. The van der Waals surface area contributed by atoms with E-state index in [-0.39, 0.29) is 12.1 Å². The van der Waals surface area contributed by atoms with Crippen molar-refractivity contribution in [2.24, 2.45) is 0 Å². The zero-order valence-electron chi connectivity index (χ0n) is 16.5. The Morgan fingerprint density at radius 1 is 1.19 bits per heavy atom. The van der Waals surface area contributed by atoms with Gasteiger partial charge in [0.1, 0.15) is 17.1 Å². The fraction of sp³-hybridized carbons (Fsp3) is 0.632. The van der Waals surface area contributed by atoms with E-state index < -0.39 is 5.60 Å². The molecule has 26 heavy (non-hydrogen) atoms. The van der Waals surface area contributed by atoms with E-state index in [1.165, 1.54) is 0 Å². The fourth-order valence-corrected chi connectivity index (χ4v) is 3.45. The van der Waals surface area contributed by atoms with Gasteiger partial charge in [0.15, 0.2) is 0 Å². The van der Waals surface area contributed by atoms with Crippen LogP contribution in [0.5, 0.6) is 11.5 Å². The molecule has 0 spiro atoms. The van der Waals surface area contributed by atoms with Gasteiger partial charge in [0.05, 0.1) is 19.8 Å². The van der Waals surface area contributed by atoms with Gasteiger partial charge in [-0.05, 0) is 39.8 Å². The van der Waals surface area contributed by atoms with Gasteiger partial charge in [0.2, 0.25) is 0 Å². The van der Waals surface area contributed by atoms with E-state index in [9.17, 15) is 4.79 Å². The number of hydrogen-bond donors (Lipinski definition) is 0. The van der Waals surface area contributed by atoms with E-state index in [4.69, 9.17) is 14.2 Å². The van der Waals surface area contributed by atoms with Crippen molar-refractivity contribution in [3.63, 3.8) is 0 Å². The molecule has 0 aliphatic carbocycles. The molecule has 1 aliphatic rings. The summed E-state index contributed by atoms with van der Waals surface area (Å²) in [5.74, 6) is 1.58. The van der Waals surface area contributed by atoms with Gasteiger partial charge in [-0.3, -0.25) is 4.90 Å². The van der Waals surface area contributed by atoms with Crippen LogP contribution in [0.4, 0.5) is 4.79 Å². The van der Waals surface area contributed by atoms with Crippen LogP contribution in [-0.2, 0) is 11.3 Å². The summed E-state index contributed by atoms with van der Waals surface area (Å²) in [6.07, 6.45) is -0.247. The summed E-state index contributed by atoms with van der Waals surface area (Å²) in [5, 5.41) is 0. The van der Waals surface area contributed by atoms with Gasteiger partial charge in [-0.25, -0.2) is 4.79 Å². The number of carbonyl (C=O) groups excluding carboxylic acids is 1. The van der Waals surface area contributed by atoms with Crippen molar-refractivity contribution in [2.45, 2.75) is 45.9 Å². The molecule has 1 saturated heterocycles.